The number of amides is 1. The molecule has 0 aliphatic carbocycles. The summed E-state index contributed by atoms with van der Waals surface area (Å²) in [5, 5.41) is 7.26. The van der Waals surface area contributed by atoms with Crippen LogP contribution in [0.5, 0.6) is 11.5 Å². The van der Waals surface area contributed by atoms with Gasteiger partial charge < -0.3 is 14.8 Å². The third-order valence-electron chi connectivity index (χ3n) is 3.37. The van der Waals surface area contributed by atoms with E-state index in [4.69, 9.17) is 16.3 Å². The summed E-state index contributed by atoms with van der Waals surface area (Å²) >= 11 is 5.88. The van der Waals surface area contributed by atoms with Crippen molar-refractivity contribution in [2.24, 2.45) is 0 Å². The maximum Gasteiger partial charge on any atom is 0.387 e. The number of hydrogen-bond donors (Lipinski definition) is 1. The minimum absolute atomic E-state index is 0.0942. The summed E-state index contributed by atoms with van der Waals surface area (Å²) in [6, 6.07) is 12.4. The SMILES string of the molecule is O=C(Nc1cnn(COc2cccc(Cl)c2)c1)c1cccc(OC(F)F)c1. The third kappa shape index (κ3) is 5.42. The second kappa shape index (κ2) is 8.50. The van der Waals surface area contributed by atoms with Gasteiger partial charge in [-0.1, -0.05) is 23.7 Å². The molecule has 140 valence electrons. The highest BCUT2D eigenvalue weighted by molar-refractivity contribution is 6.30. The lowest BCUT2D eigenvalue weighted by atomic mass is 10.2. The molecule has 0 spiro atoms. The molecule has 0 saturated carbocycles. The Morgan fingerprint density at radius 3 is 2.74 bits per heavy atom. The Hall–Kier alpha value is -3.13. The van der Waals surface area contributed by atoms with Crippen LogP contribution in [0.25, 0.3) is 0 Å². The topological polar surface area (TPSA) is 65.4 Å². The van der Waals surface area contributed by atoms with Crippen molar-refractivity contribution in [3.63, 3.8) is 0 Å². The number of ether oxygens (including phenoxy) is 2. The van der Waals surface area contributed by atoms with Crippen LogP contribution in [0.2, 0.25) is 5.02 Å². The standard InChI is InChI=1S/C18H14ClF2N3O3/c19-13-4-2-5-15(8-13)26-11-24-10-14(9-22-24)23-17(25)12-3-1-6-16(7-12)27-18(20)21/h1-10,18H,11H2,(H,23,25). The Bertz CT molecular complexity index is 933. The predicted molar refractivity (Wildman–Crippen MR) is 95.3 cm³/mol. The summed E-state index contributed by atoms with van der Waals surface area (Å²) in [7, 11) is 0. The maximum atomic E-state index is 12.3. The van der Waals surface area contributed by atoms with Crippen LogP contribution >= 0.6 is 11.6 Å². The summed E-state index contributed by atoms with van der Waals surface area (Å²) in [5.41, 5.74) is 0.603. The number of nitrogens with zero attached hydrogens (tertiary/aromatic N) is 2. The van der Waals surface area contributed by atoms with Crippen molar-refractivity contribution in [3.8, 4) is 11.5 Å². The van der Waals surface area contributed by atoms with E-state index >= 15 is 0 Å². The van der Waals surface area contributed by atoms with Gasteiger partial charge in [0.1, 0.15) is 11.5 Å². The highest BCUT2D eigenvalue weighted by atomic mass is 35.5. The van der Waals surface area contributed by atoms with Gasteiger partial charge in [-0.15, -0.1) is 0 Å². The van der Waals surface area contributed by atoms with Gasteiger partial charge in [0.05, 0.1) is 18.1 Å². The highest BCUT2D eigenvalue weighted by Crippen LogP contribution is 2.19. The first kappa shape index (κ1) is 18.7. The molecule has 0 aliphatic heterocycles. The van der Waals surface area contributed by atoms with Crippen LogP contribution in [-0.2, 0) is 6.73 Å². The summed E-state index contributed by atoms with van der Waals surface area (Å²) < 4.78 is 35.8. The molecule has 27 heavy (non-hydrogen) atoms. The smallest absolute Gasteiger partial charge is 0.387 e. The Morgan fingerprint density at radius 2 is 1.96 bits per heavy atom. The second-order valence-corrected chi connectivity index (χ2v) is 5.80. The van der Waals surface area contributed by atoms with Crippen LogP contribution < -0.4 is 14.8 Å². The van der Waals surface area contributed by atoms with Gasteiger partial charge in [0.25, 0.3) is 5.91 Å². The number of hydrogen-bond acceptors (Lipinski definition) is 4. The second-order valence-electron chi connectivity index (χ2n) is 5.36. The van der Waals surface area contributed by atoms with E-state index in [-0.39, 0.29) is 18.0 Å². The normalized spacial score (nSPS) is 10.7. The molecule has 2 aromatic carbocycles. The lowest BCUT2D eigenvalue weighted by Crippen LogP contribution is -2.12. The molecule has 0 aliphatic rings. The molecule has 1 amide bonds. The average Bonchev–Trinajstić information content (AvgIpc) is 3.07. The summed E-state index contributed by atoms with van der Waals surface area (Å²) in [6.07, 6.45) is 3.01. The van der Waals surface area contributed by atoms with Gasteiger partial charge >= 0.3 is 6.61 Å². The molecule has 3 rings (SSSR count). The molecule has 1 N–H and O–H groups in total. The fourth-order valence-corrected chi connectivity index (χ4v) is 2.39. The molecule has 6 nitrogen and oxygen atoms in total. The number of benzene rings is 2. The zero-order valence-electron chi connectivity index (χ0n) is 13.8. The number of carbonyl (C=O) groups excluding carboxylic acids is 1. The van der Waals surface area contributed by atoms with Crippen LogP contribution in [0.1, 0.15) is 10.4 Å². The van der Waals surface area contributed by atoms with E-state index in [1.807, 2.05) is 0 Å². The average molecular weight is 394 g/mol. The van der Waals surface area contributed by atoms with E-state index in [2.05, 4.69) is 15.2 Å². The third-order valence-corrected chi connectivity index (χ3v) is 3.61. The Labute approximate surface area is 158 Å². The number of alkyl halides is 2. The zero-order valence-corrected chi connectivity index (χ0v) is 14.6. The number of halogens is 3. The van der Waals surface area contributed by atoms with Crippen molar-refractivity contribution in [1.82, 2.24) is 9.78 Å². The Balaban J connectivity index is 1.59. The zero-order chi connectivity index (χ0) is 19.2. The number of aromatic nitrogens is 2. The van der Waals surface area contributed by atoms with Crippen LogP contribution in [-0.4, -0.2) is 22.3 Å². The van der Waals surface area contributed by atoms with Crippen molar-refractivity contribution in [3.05, 3.63) is 71.5 Å². The summed E-state index contributed by atoms with van der Waals surface area (Å²) in [6.45, 7) is -2.84. The molecule has 0 bridgehead atoms. The van der Waals surface area contributed by atoms with E-state index in [9.17, 15) is 13.6 Å². The van der Waals surface area contributed by atoms with E-state index in [1.165, 1.54) is 35.1 Å². The molecule has 0 fully saturated rings. The fraction of sp³-hybridized carbons (Fsp3) is 0.111. The van der Waals surface area contributed by atoms with Gasteiger partial charge in [-0.25, -0.2) is 4.68 Å². The molecule has 0 radical (unpaired) electrons. The molecule has 0 unspecified atom stereocenters. The van der Waals surface area contributed by atoms with Crippen molar-refractivity contribution in [1.29, 1.82) is 0 Å². The monoisotopic (exact) mass is 393 g/mol. The van der Waals surface area contributed by atoms with Crippen LogP contribution in [0.3, 0.4) is 0 Å². The first-order chi connectivity index (χ1) is 13.0. The molecule has 9 heteroatoms. The predicted octanol–water partition coefficient (Wildman–Crippen LogP) is 4.43. The molecule has 0 atom stereocenters. The number of rotatable bonds is 7. The first-order valence-electron chi connectivity index (χ1n) is 7.76. The molecular formula is C18H14ClF2N3O3. The lowest BCUT2D eigenvalue weighted by molar-refractivity contribution is -0.0498. The minimum Gasteiger partial charge on any atom is -0.471 e. The van der Waals surface area contributed by atoms with Crippen LogP contribution in [0.4, 0.5) is 14.5 Å². The Kier molecular flexibility index (Phi) is 5.87. The largest absolute Gasteiger partial charge is 0.471 e. The highest BCUT2D eigenvalue weighted by Gasteiger charge is 2.11. The van der Waals surface area contributed by atoms with Gasteiger partial charge in [0, 0.05) is 10.6 Å². The van der Waals surface area contributed by atoms with Crippen molar-refractivity contribution in [2.75, 3.05) is 5.32 Å². The Morgan fingerprint density at radius 1 is 1.19 bits per heavy atom. The maximum absolute atomic E-state index is 12.3. The first-order valence-corrected chi connectivity index (χ1v) is 8.14. The summed E-state index contributed by atoms with van der Waals surface area (Å²) in [5.74, 6) is 0.00715. The van der Waals surface area contributed by atoms with Crippen molar-refractivity contribution >= 4 is 23.2 Å². The quantitative estimate of drug-likeness (QED) is 0.645. The van der Waals surface area contributed by atoms with Crippen molar-refractivity contribution < 1.29 is 23.0 Å². The van der Waals surface area contributed by atoms with Crippen LogP contribution in [0, 0.1) is 0 Å². The van der Waals surface area contributed by atoms with E-state index in [0.717, 1.165) is 0 Å². The number of carbonyl (C=O) groups is 1. The summed E-state index contributed by atoms with van der Waals surface area (Å²) in [4.78, 5) is 12.2. The number of anilines is 1. The molecular weight excluding hydrogens is 380 g/mol. The molecule has 0 saturated heterocycles. The lowest BCUT2D eigenvalue weighted by Gasteiger charge is -2.07. The van der Waals surface area contributed by atoms with Crippen LogP contribution in [0.15, 0.2) is 60.9 Å². The molecule has 1 heterocycles. The minimum atomic E-state index is -2.96. The van der Waals surface area contributed by atoms with E-state index in [0.29, 0.717) is 16.5 Å². The van der Waals surface area contributed by atoms with Gasteiger partial charge in [0.2, 0.25) is 0 Å². The van der Waals surface area contributed by atoms with E-state index < -0.39 is 12.5 Å². The molecule has 1 aromatic heterocycles. The number of nitrogens with one attached hydrogen (secondary N) is 1. The fourth-order valence-electron chi connectivity index (χ4n) is 2.21. The van der Waals surface area contributed by atoms with Gasteiger partial charge in [0.15, 0.2) is 6.73 Å². The van der Waals surface area contributed by atoms with Crippen molar-refractivity contribution in [2.45, 2.75) is 13.3 Å². The van der Waals surface area contributed by atoms with Gasteiger partial charge in [-0.2, -0.15) is 13.9 Å². The molecule has 3 aromatic rings. The van der Waals surface area contributed by atoms with Gasteiger partial charge in [-0.05, 0) is 36.4 Å². The van der Waals surface area contributed by atoms with Gasteiger partial charge in [-0.3, -0.25) is 4.79 Å². The van der Waals surface area contributed by atoms with E-state index in [1.54, 1.807) is 30.5 Å².